The van der Waals surface area contributed by atoms with Gasteiger partial charge < -0.3 is 5.32 Å². The lowest BCUT2D eigenvalue weighted by atomic mass is 10.1. The van der Waals surface area contributed by atoms with Crippen LogP contribution < -0.4 is 10.9 Å². The maximum atomic E-state index is 13.0. The summed E-state index contributed by atoms with van der Waals surface area (Å²) in [6.45, 7) is 1.62. The van der Waals surface area contributed by atoms with Crippen LogP contribution in [0.15, 0.2) is 71.8 Å². The van der Waals surface area contributed by atoms with Gasteiger partial charge in [-0.3, -0.25) is 19.0 Å². The van der Waals surface area contributed by atoms with E-state index in [1.807, 2.05) is 24.3 Å². The molecule has 2 aromatic carbocycles. The maximum Gasteiger partial charge on any atom is 0.266 e. The Balaban J connectivity index is 1.66. The minimum Gasteiger partial charge on any atom is -0.321 e. The van der Waals surface area contributed by atoms with Gasteiger partial charge in [0.1, 0.15) is 4.83 Å². The Hall–Kier alpha value is -3.58. The molecule has 0 aliphatic heterocycles. The molecular formula is C22H17N3O3S. The molecule has 0 radical (unpaired) electrons. The van der Waals surface area contributed by atoms with Crippen molar-refractivity contribution < 1.29 is 9.59 Å². The topological polar surface area (TPSA) is 81.1 Å². The molecule has 0 aliphatic carbocycles. The summed E-state index contributed by atoms with van der Waals surface area (Å²) in [6, 6.07) is 17.9. The fourth-order valence-corrected chi connectivity index (χ4v) is 4.10. The zero-order chi connectivity index (χ0) is 20.4. The average molecular weight is 403 g/mol. The van der Waals surface area contributed by atoms with Crippen LogP contribution in [0.4, 0.5) is 5.69 Å². The summed E-state index contributed by atoms with van der Waals surface area (Å²) in [7, 11) is 0. The van der Waals surface area contributed by atoms with Crippen molar-refractivity contribution >= 4 is 38.9 Å². The van der Waals surface area contributed by atoms with Crippen molar-refractivity contribution in [3.8, 4) is 0 Å². The third kappa shape index (κ3) is 3.72. The molecule has 0 fully saturated rings. The highest BCUT2D eigenvalue weighted by Gasteiger charge is 2.20. The lowest BCUT2D eigenvalue weighted by molar-refractivity contribution is 0.0969. The highest BCUT2D eigenvalue weighted by atomic mass is 32.1. The molecule has 1 N–H and O–H groups in total. The van der Waals surface area contributed by atoms with Crippen LogP contribution in [0.3, 0.4) is 0 Å². The van der Waals surface area contributed by atoms with Crippen LogP contribution in [0, 0.1) is 6.92 Å². The molecule has 0 saturated carbocycles. The van der Waals surface area contributed by atoms with Gasteiger partial charge in [-0.05, 0) is 24.6 Å². The van der Waals surface area contributed by atoms with Gasteiger partial charge in [0, 0.05) is 11.3 Å². The number of nitrogens with one attached hydrogen (secondary N) is 1. The molecular weight excluding hydrogens is 386 g/mol. The third-order valence-electron chi connectivity index (χ3n) is 4.56. The first-order valence-corrected chi connectivity index (χ1v) is 9.79. The summed E-state index contributed by atoms with van der Waals surface area (Å²) in [5, 5.41) is 3.20. The number of nitrogens with zero attached hydrogens (tertiary/aromatic N) is 2. The normalized spacial score (nSPS) is 10.8. The Morgan fingerprint density at radius 3 is 2.38 bits per heavy atom. The zero-order valence-electron chi connectivity index (χ0n) is 15.6. The standard InChI is InChI=1S/C22H17N3O3S/c1-14-18-21(29-19(14)20(27)24-16-10-6-3-7-11-16)23-13-25(22(18)28)12-17(26)15-8-4-2-5-9-15/h2-11,13H,12H2,1H3,(H,24,27). The van der Waals surface area contributed by atoms with E-state index in [-0.39, 0.29) is 23.8 Å². The van der Waals surface area contributed by atoms with Crippen molar-refractivity contribution in [2.45, 2.75) is 13.5 Å². The first-order chi connectivity index (χ1) is 14.0. The number of aromatic nitrogens is 2. The molecule has 0 unspecified atom stereocenters. The van der Waals surface area contributed by atoms with E-state index in [1.165, 1.54) is 22.2 Å². The number of carbonyl (C=O) groups is 2. The molecule has 7 heteroatoms. The molecule has 6 nitrogen and oxygen atoms in total. The molecule has 0 atom stereocenters. The van der Waals surface area contributed by atoms with E-state index in [1.54, 1.807) is 43.3 Å². The summed E-state index contributed by atoms with van der Waals surface area (Å²) in [5.41, 5.74) is 1.45. The molecule has 0 spiro atoms. The Morgan fingerprint density at radius 2 is 1.69 bits per heavy atom. The highest BCUT2D eigenvalue weighted by molar-refractivity contribution is 7.20. The fourth-order valence-electron chi connectivity index (χ4n) is 3.07. The van der Waals surface area contributed by atoms with Crippen molar-refractivity contribution in [1.82, 2.24) is 9.55 Å². The first-order valence-electron chi connectivity index (χ1n) is 8.98. The molecule has 0 bridgehead atoms. The number of hydrogen-bond donors (Lipinski definition) is 1. The Morgan fingerprint density at radius 1 is 1.03 bits per heavy atom. The highest BCUT2D eigenvalue weighted by Crippen LogP contribution is 2.27. The average Bonchev–Trinajstić information content (AvgIpc) is 3.08. The summed E-state index contributed by atoms with van der Waals surface area (Å²) in [5.74, 6) is -0.466. The van der Waals surface area contributed by atoms with E-state index < -0.39 is 0 Å². The molecule has 2 aromatic heterocycles. The van der Waals surface area contributed by atoms with Gasteiger partial charge in [0.15, 0.2) is 5.78 Å². The van der Waals surface area contributed by atoms with Gasteiger partial charge in [0.2, 0.25) is 0 Å². The molecule has 0 saturated heterocycles. The number of ketones is 1. The smallest absolute Gasteiger partial charge is 0.266 e. The van der Waals surface area contributed by atoms with Crippen molar-refractivity contribution in [3.63, 3.8) is 0 Å². The number of fused-ring (bicyclic) bond motifs is 1. The second-order valence-electron chi connectivity index (χ2n) is 6.52. The van der Waals surface area contributed by atoms with Crippen molar-refractivity contribution in [1.29, 1.82) is 0 Å². The maximum absolute atomic E-state index is 13.0. The van der Waals surface area contributed by atoms with Crippen LogP contribution in [-0.4, -0.2) is 21.2 Å². The zero-order valence-corrected chi connectivity index (χ0v) is 16.4. The molecule has 144 valence electrons. The van der Waals surface area contributed by atoms with Gasteiger partial charge in [-0.25, -0.2) is 4.98 Å². The Labute approximate surface area is 170 Å². The van der Waals surface area contributed by atoms with Gasteiger partial charge in [0.25, 0.3) is 11.5 Å². The van der Waals surface area contributed by atoms with Crippen LogP contribution in [-0.2, 0) is 6.54 Å². The lowest BCUT2D eigenvalue weighted by Gasteiger charge is -2.05. The first kappa shape index (κ1) is 18.8. The van der Waals surface area contributed by atoms with Crippen LogP contribution in [0.2, 0.25) is 0 Å². The number of carbonyl (C=O) groups excluding carboxylic acids is 2. The molecule has 2 heterocycles. The van der Waals surface area contributed by atoms with Crippen molar-refractivity contribution in [3.05, 3.63) is 93.3 Å². The predicted molar refractivity (Wildman–Crippen MR) is 114 cm³/mol. The quantitative estimate of drug-likeness (QED) is 0.513. The van der Waals surface area contributed by atoms with Gasteiger partial charge in [-0.1, -0.05) is 48.5 Å². The summed E-state index contributed by atoms with van der Waals surface area (Å²) >= 11 is 1.17. The molecule has 0 aliphatic rings. The van der Waals surface area contributed by atoms with Crippen molar-refractivity contribution in [2.24, 2.45) is 0 Å². The SMILES string of the molecule is Cc1c(C(=O)Nc2ccccc2)sc2ncn(CC(=O)c3ccccc3)c(=O)c12. The number of benzene rings is 2. The molecule has 4 rings (SSSR count). The van der Waals surface area contributed by atoms with Gasteiger partial charge in [0.05, 0.1) is 23.1 Å². The number of rotatable bonds is 5. The van der Waals surface area contributed by atoms with E-state index in [9.17, 15) is 14.4 Å². The van der Waals surface area contributed by atoms with Gasteiger partial charge in [-0.2, -0.15) is 0 Å². The number of aryl methyl sites for hydroxylation is 1. The van der Waals surface area contributed by atoms with Crippen LogP contribution in [0.1, 0.15) is 25.6 Å². The minimum atomic E-state index is -0.327. The largest absolute Gasteiger partial charge is 0.321 e. The molecule has 29 heavy (non-hydrogen) atoms. The Kier molecular flexibility index (Phi) is 5.05. The number of para-hydroxylation sites is 1. The number of anilines is 1. The Bertz CT molecular complexity index is 1260. The van der Waals surface area contributed by atoms with Crippen LogP contribution >= 0.6 is 11.3 Å². The molecule has 4 aromatic rings. The number of amides is 1. The predicted octanol–water partition coefficient (Wildman–Crippen LogP) is 3.90. The number of Topliss-reactive ketones (excluding diaryl/α,β-unsaturated/α-hetero) is 1. The van der Waals surface area contributed by atoms with Gasteiger partial charge in [-0.15, -0.1) is 11.3 Å². The summed E-state index contributed by atoms with van der Waals surface area (Å²) in [6.07, 6.45) is 1.36. The second kappa shape index (κ2) is 7.81. The van der Waals surface area contributed by atoms with E-state index in [0.29, 0.717) is 31.9 Å². The van der Waals surface area contributed by atoms with E-state index in [4.69, 9.17) is 0 Å². The van der Waals surface area contributed by atoms with Crippen LogP contribution in [0.5, 0.6) is 0 Å². The lowest BCUT2D eigenvalue weighted by Crippen LogP contribution is -2.24. The monoisotopic (exact) mass is 403 g/mol. The van der Waals surface area contributed by atoms with Crippen molar-refractivity contribution in [2.75, 3.05) is 5.32 Å². The minimum absolute atomic E-state index is 0.105. The van der Waals surface area contributed by atoms with Gasteiger partial charge >= 0.3 is 0 Å². The summed E-state index contributed by atoms with van der Waals surface area (Å²) < 4.78 is 1.29. The number of hydrogen-bond acceptors (Lipinski definition) is 5. The number of thiophene rings is 1. The fraction of sp³-hybridized carbons (Fsp3) is 0.0909. The van der Waals surface area contributed by atoms with E-state index in [2.05, 4.69) is 10.3 Å². The van der Waals surface area contributed by atoms with E-state index >= 15 is 0 Å². The van der Waals surface area contributed by atoms with E-state index in [0.717, 1.165) is 0 Å². The van der Waals surface area contributed by atoms with Crippen LogP contribution in [0.25, 0.3) is 10.2 Å². The third-order valence-corrected chi connectivity index (χ3v) is 5.76. The second-order valence-corrected chi connectivity index (χ2v) is 7.52. The molecule has 1 amide bonds. The summed E-state index contributed by atoms with van der Waals surface area (Å²) in [4.78, 5) is 43.3.